The molecule has 0 bridgehead atoms. The molecule has 6 nitrogen and oxygen atoms in total. The lowest BCUT2D eigenvalue weighted by Crippen LogP contribution is -2.25. The molecule has 0 aliphatic rings. The van der Waals surface area contributed by atoms with E-state index in [4.69, 9.17) is 10.5 Å². The Morgan fingerprint density at radius 1 is 1.19 bits per heavy atom. The number of pyridine rings is 1. The maximum Gasteiger partial charge on any atom is 0.407 e. The number of nitrogens with one attached hydrogen (secondary N) is 1. The number of hydrogen-bond donors (Lipinski definition) is 2. The van der Waals surface area contributed by atoms with Gasteiger partial charge in [-0.05, 0) is 17.7 Å². The van der Waals surface area contributed by atoms with Crippen molar-refractivity contribution in [2.75, 3.05) is 0 Å². The Kier molecular flexibility index (Phi) is 4.87. The van der Waals surface area contributed by atoms with Crippen molar-refractivity contribution in [1.82, 2.24) is 10.3 Å². The number of amides is 2. The van der Waals surface area contributed by atoms with Gasteiger partial charge in [0.25, 0.3) is 0 Å². The maximum absolute atomic E-state index is 11.6. The molecule has 0 aliphatic heterocycles. The van der Waals surface area contributed by atoms with Crippen LogP contribution in [0.15, 0.2) is 48.8 Å². The Balaban J connectivity index is 1.86. The van der Waals surface area contributed by atoms with Crippen LogP contribution in [0.1, 0.15) is 21.5 Å². The van der Waals surface area contributed by atoms with E-state index in [1.54, 1.807) is 42.7 Å². The molecule has 21 heavy (non-hydrogen) atoms. The van der Waals surface area contributed by atoms with Gasteiger partial charge >= 0.3 is 6.09 Å². The number of aromatic nitrogens is 1. The second-order valence-electron chi connectivity index (χ2n) is 4.31. The smallest absolute Gasteiger partial charge is 0.407 e. The number of alkyl carbamates (subject to hydrolysis) is 1. The number of nitrogens with zero attached hydrogens (tertiary/aromatic N) is 1. The number of ether oxygens (including phenoxy) is 1. The van der Waals surface area contributed by atoms with Gasteiger partial charge in [0.15, 0.2) is 0 Å². The number of carbonyl (C=O) groups is 2. The van der Waals surface area contributed by atoms with Crippen molar-refractivity contribution >= 4 is 12.0 Å². The van der Waals surface area contributed by atoms with Crippen molar-refractivity contribution < 1.29 is 14.3 Å². The van der Waals surface area contributed by atoms with Gasteiger partial charge < -0.3 is 15.8 Å². The monoisotopic (exact) mass is 285 g/mol. The summed E-state index contributed by atoms with van der Waals surface area (Å²) in [4.78, 5) is 26.8. The van der Waals surface area contributed by atoms with E-state index in [2.05, 4.69) is 10.3 Å². The van der Waals surface area contributed by atoms with Crippen molar-refractivity contribution in [1.29, 1.82) is 0 Å². The van der Waals surface area contributed by atoms with Crippen molar-refractivity contribution in [3.8, 4) is 0 Å². The van der Waals surface area contributed by atoms with Gasteiger partial charge in [-0.3, -0.25) is 9.78 Å². The molecular weight excluding hydrogens is 270 g/mol. The Hall–Kier alpha value is -2.89. The van der Waals surface area contributed by atoms with Crippen LogP contribution in [0.5, 0.6) is 0 Å². The zero-order chi connectivity index (χ0) is 15.1. The van der Waals surface area contributed by atoms with Gasteiger partial charge in [0.05, 0.1) is 0 Å². The summed E-state index contributed by atoms with van der Waals surface area (Å²) in [5, 5.41) is 2.58. The van der Waals surface area contributed by atoms with Crippen LogP contribution in [0.25, 0.3) is 0 Å². The fourth-order valence-corrected chi connectivity index (χ4v) is 1.77. The summed E-state index contributed by atoms with van der Waals surface area (Å²) in [7, 11) is 0. The molecule has 3 N–H and O–H groups in total. The van der Waals surface area contributed by atoms with Crippen molar-refractivity contribution in [3.63, 3.8) is 0 Å². The second kappa shape index (κ2) is 7.04. The average molecular weight is 285 g/mol. The summed E-state index contributed by atoms with van der Waals surface area (Å²) in [5.41, 5.74) is 7.08. The molecule has 0 fully saturated rings. The van der Waals surface area contributed by atoms with Gasteiger partial charge in [-0.1, -0.05) is 24.3 Å². The summed E-state index contributed by atoms with van der Waals surface area (Å²) in [6.45, 7) is 0.308. The molecule has 1 aromatic heterocycles. The predicted molar refractivity (Wildman–Crippen MR) is 76.2 cm³/mol. The molecule has 6 heteroatoms. The number of carbonyl (C=O) groups excluding carboxylic acids is 2. The third-order valence-electron chi connectivity index (χ3n) is 2.80. The van der Waals surface area contributed by atoms with Gasteiger partial charge in [0.2, 0.25) is 5.91 Å². The zero-order valence-electron chi connectivity index (χ0n) is 11.3. The number of benzene rings is 1. The van der Waals surface area contributed by atoms with Crippen molar-refractivity contribution in [2.45, 2.75) is 13.2 Å². The first-order valence-corrected chi connectivity index (χ1v) is 6.34. The molecule has 0 spiro atoms. The van der Waals surface area contributed by atoms with Gasteiger partial charge in [-0.25, -0.2) is 4.79 Å². The Morgan fingerprint density at radius 3 is 2.71 bits per heavy atom. The second-order valence-corrected chi connectivity index (χ2v) is 4.31. The standard InChI is InChI=1S/C15H15N3O3/c16-14(19)13-6-2-1-5-12(13)9-18-15(20)21-10-11-4-3-7-17-8-11/h1-8H,9-10H2,(H2,16,19)(H,18,20). The number of primary amides is 1. The third kappa shape index (κ3) is 4.31. The molecule has 0 radical (unpaired) electrons. The van der Waals surface area contributed by atoms with E-state index in [0.717, 1.165) is 5.56 Å². The first-order valence-electron chi connectivity index (χ1n) is 6.34. The quantitative estimate of drug-likeness (QED) is 0.872. The Morgan fingerprint density at radius 2 is 2.00 bits per heavy atom. The summed E-state index contributed by atoms with van der Waals surface area (Å²) in [5.74, 6) is -0.531. The van der Waals surface area contributed by atoms with Crippen LogP contribution in [0.3, 0.4) is 0 Å². The summed E-state index contributed by atoms with van der Waals surface area (Å²) in [6, 6.07) is 10.4. The average Bonchev–Trinajstić information content (AvgIpc) is 2.52. The van der Waals surface area contributed by atoms with Gasteiger partial charge in [-0.2, -0.15) is 0 Å². The molecule has 1 heterocycles. The van der Waals surface area contributed by atoms with E-state index in [0.29, 0.717) is 11.1 Å². The van der Waals surface area contributed by atoms with E-state index in [1.165, 1.54) is 0 Å². The number of hydrogen-bond acceptors (Lipinski definition) is 4. The van der Waals surface area contributed by atoms with E-state index in [9.17, 15) is 9.59 Å². The highest BCUT2D eigenvalue weighted by molar-refractivity contribution is 5.94. The lowest BCUT2D eigenvalue weighted by atomic mass is 10.1. The molecule has 0 unspecified atom stereocenters. The highest BCUT2D eigenvalue weighted by atomic mass is 16.5. The van der Waals surface area contributed by atoms with Gasteiger partial charge in [-0.15, -0.1) is 0 Å². The molecule has 0 aliphatic carbocycles. The van der Waals surface area contributed by atoms with E-state index >= 15 is 0 Å². The van der Waals surface area contributed by atoms with Crippen molar-refractivity contribution in [3.05, 3.63) is 65.5 Å². The van der Waals surface area contributed by atoms with Crippen LogP contribution in [0.2, 0.25) is 0 Å². The summed E-state index contributed by atoms with van der Waals surface area (Å²) in [6.07, 6.45) is 2.69. The molecule has 2 amide bonds. The van der Waals surface area contributed by atoms with Crippen LogP contribution in [0.4, 0.5) is 4.79 Å². The summed E-state index contributed by atoms with van der Waals surface area (Å²) >= 11 is 0. The first-order chi connectivity index (χ1) is 10.2. The molecule has 1 aromatic carbocycles. The Bertz CT molecular complexity index is 629. The summed E-state index contributed by atoms with van der Waals surface area (Å²) < 4.78 is 5.04. The minimum Gasteiger partial charge on any atom is -0.445 e. The first kappa shape index (κ1) is 14.5. The molecule has 0 saturated carbocycles. The molecule has 0 atom stereocenters. The lowest BCUT2D eigenvalue weighted by Gasteiger charge is -2.09. The van der Waals surface area contributed by atoms with Crippen LogP contribution in [-0.4, -0.2) is 17.0 Å². The van der Waals surface area contributed by atoms with Crippen LogP contribution in [0, 0.1) is 0 Å². The normalized spacial score (nSPS) is 9.90. The molecule has 2 rings (SSSR count). The third-order valence-corrected chi connectivity index (χ3v) is 2.80. The minimum atomic E-state index is -0.571. The minimum absolute atomic E-state index is 0.136. The lowest BCUT2D eigenvalue weighted by molar-refractivity contribution is 0.0998. The highest BCUT2D eigenvalue weighted by Crippen LogP contribution is 2.07. The van der Waals surface area contributed by atoms with Crippen LogP contribution < -0.4 is 11.1 Å². The van der Waals surface area contributed by atoms with E-state index in [-0.39, 0.29) is 13.2 Å². The van der Waals surface area contributed by atoms with E-state index < -0.39 is 12.0 Å². The number of nitrogens with two attached hydrogens (primary N) is 1. The SMILES string of the molecule is NC(=O)c1ccccc1CNC(=O)OCc1cccnc1. The van der Waals surface area contributed by atoms with Crippen LogP contribution >= 0.6 is 0 Å². The maximum atomic E-state index is 11.6. The van der Waals surface area contributed by atoms with Crippen LogP contribution in [-0.2, 0) is 17.9 Å². The number of rotatable bonds is 5. The molecule has 2 aromatic rings. The van der Waals surface area contributed by atoms with E-state index in [1.807, 2.05) is 6.07 Å². The molecule has 108 valence electrons. The predicted octanol–water partition coefficient (Wildman–Crippen LogP) is 1.61. The largest absolute Gasteiger partial charge is 0.445 e. The highest BCUT2D eigenvalue weighted by Gasteiger charge is 2.09. The fourth-order valence-electron chi connectivity index (χ4n) is 1.77. The molecule has 0 saturated heterocycles. The molecular formula is C15H15N3O3. The Labute approximate surface area is 121 Å². The fraction of sp³-hybridized carbons (Fsp3) is 0.133. The van der Waals surface area contributed by atoms with Gasteiger partial charge in [0, 0.05) is 30.1 Å². The topological polar surface area (TPSA) is 94.3 Å². The van der Waals surface area contributed by atoms with Crippen molar-refractivity contribution in [2.24, 2.45) is 5.73 Å². The zero-order valence-corrected chi connectivity index (χ0v) is 11.3. The van der Waals surface area contributed by atoms with Gasteiger partial charge in [0.1, 0.15) is 6.61 Å².